The molecule has 2 aromatic carbocycles. The molecule has 224 valence electrons. The van der Waals surface area contributed by atoms with Gasteiger partial charge in [0.2, 0.25) is 5.91 Å². The second-order valence-electron chi connectivity index (χ2n) is 9.83. The predicted molar refractivity (Wildman–Crippen MR) is 154 cm³/mol. The number of nitrogens with one attached hydrogen (secondary N) is 1. The van der Waals surface area contributed by atoms with Gasteiger partial charge in [0.1, 0.15) is 29.5 Å². The van der Waals surface area contributed by atoms with Crippen molar-refractivity contribution in [3.8, 4) is 28.5 Å². The number of nitrogens with zero attached hydrogens (tertiary/aromatic N) is 2. The topological polar surface area (TPSA) is 130 Å². The molecule has 1 aliphatic rings. The molecular formula is C30H33ClFN3O7. The first kappa shape index (κ1) is 31.2. The van der Waals surface area contributed by atoms with Crippen molar-refractivity contribution in [3.63, 3.8) is 0 Å². The van der Waals surface area contributed by atoms with Gasteiger partial charge in [0.05, 0.1) is 38.1 Å². The molecule has 1 aromatic heterocycles. The number of aromatic nitrogens is 1. The van der Waals surface area contributed by atoms with E-state index in [-0.39, 0.29) is 61.6 Å². The average Bonchev–Trinajstić information content (AvgIpc) is 2.99. The fourth-order valence-corrected chi connectivity index (χ4v) is 4.97. The number of aliphatic hydroxyl groups excluding tert-OH is 1. The van der Waals surface area contributed by atoms with Crippen LogP contribution in [0, 0.1) is 5.82 Å². The number of aliphatic hydroxyl groups is 2. The van der Waals surface area contributed by atoms with Crippen LogP contribution < -0.4 is 19.5 Å². The quantitative estimate of drug-likeness (QED) is 0.253. The number of rotatable bonds is 13. The van der Waals surface area contributed by atoms with Gasteiger partial charge in [-0.25, -0.2) is 9.37 Å². The highest BCUT2D eigenvalue weighted by atomic mass is 35.5. The largest absolute Gasteiger partial charge is 0.494 e. The molecule has 3 aromatic rings. The van der Waals surface area contributed by atoms with E-state index in [0.29, 0.717) is 47.2 Å². The Morgan fingerprint density at radius 2 is 1.88 bits per heavy atom. The lowest BCUT2D eigenvalue weighted by atomic mass is 9.89. The van der Waals surface area contributed by atoms with Gasteiger partial charge in [0, 0.05) is 37.2 Å². The molecular weight excluding hydrogens is 569 g/mol. The van der Waals surface area contributed by atoms with E-state index in [4.69, 9.17) is 35.9 Å². The Labute approximate surface area is 248 Å². The predicted octanol–water partition coefficient (Wildman–Crippen LogP) is 3.21. The summed E-state index contributed by atoms with van der Waals surface area (Å²) in [4.78, 5) is 31.9. The fourth-order valence-electron chi connectivity index (χ4n) is 4.79. The first-order valence-corrected chi connectivity index (χ1v) is 13.7. The van der Waals surface area contributed by atoms with E-state index in [2.05, 4.69) is 5.32 Å². The van der Waals surface area contributed by atoms with Crippen LogP contribution in [0.3, 0.4) is 0 Å². The number of ether oxygens (including phenoxy) is 3. The van der Waals surface area contributed by atoms with Crippen LogP contribution in [0.1, 0.15) is 28.9 Å². The maximum Gasteiger partial charge on any atom is 0.234 e. The van der Waals surface area contributed by atoms with Crippen LogP contribution in [-0.2, 0) is 10.4 Å². The van der Waals surface area contributed by atoms with Crippen LogP contribution in [-0.4, -0.2) is 85.4 Å². The number of carbonyl (C=O) groups excluding carboxylic acids is 2. The number of halogens is 2. The van der Waals surface area contributed by atoms with Gasteiger partial charge < -0.3 is 29.7 Å². The van der Waals surface area contributed by atoms with E-state index in [1.54, 1.807) is 35.2 Å². The summed E-state index contributed by atoms with van der Waals surface area (Å²) in [5.74, 6) is 0.101. The molecule has 2 heterocycles. The number of pyridine rings is 1. The Balaban J connectivity index is 1.66. The first-order valence-electron chi connectivity index (χ1n) is 13.3. The van der Waals surface area contributed by atoms with Crippen molar-refractivity contribution in [1.82, 2.24) is 15.2 Å². The van der Waals surface area contributed by atoms with Crippen molar-refractivity contribution in [2.75, 3.05) is 53.6 Å². The zero-order valence-electron chi connectivity index (χ0n) is 23.4. The summed E-state index contributed by atoms with van der Waals surface area (Å²) in [5, 5.41) is 23.8. The summed E-state index contributed by atoms with van der Waals surface area (Å²) in [5.41, 5.74) is -0.227. The minimum Gasteiger partial charge on any atom is -0.494 e. The standard InChI is InChI=1S/C30H33ClFN3O7/c1-40-25-7-8-27(34-29(25)20-3-5-22(32)21(31)15-20)30(39,18-35-12-11-33-28(38)17-35)10-9-23(37)19-4-6-24(42-14-13-36)26(16-19)41-2/h3-8,15-16,36,39H,9-14,17-18H2,1-2H3,(H,33,38). The van der Waals surface area contributed by atoms with Crippen LogP contribution in [0.4, 0.5) is 4.39 Å². The highest BCUT2D eigenvalue weighted by molar-refractivity contribution is 6.31. The number of carbonyl (C=O) groups is 2. The van der Waals surface area contributed by atoms with Gasteiger partial charge in [-0.05, 0) is 55.0 Å². The molecule has 0 bridgehead atoms. The number of ketones is 1. The monoisotopic (exact) mass is 601 g/mol. The van der Waals surface area contributed by atoms with Crippen molar-refractivity contribution in [2.45, 2.75) is 18.4 Å². The molecule has 3 N–H and O–H groups in total. The number of methoxy groups -OCH3 is 2. The zero-order chi connectivity index (χ0) is 30.3. The highest BCUT2D eigenvalue weighted by Gasteiger charge is 2.36. The Morgan fingerprint density at radius 3 is 2.57 bits per heavy atom. The fraction of sp³-hybridized carbons (Fsp3) is 0.367. The molecule has 1 atom stereocenters. The van der Waals surface area contributed by atoms with Gasteiger partial charge in [-0.1, -0.05) is 11.6 Å². The summed E-state index contributed by atoms with van der Waals surface area (Å²) in [6, 6.07) is 12.1. The number of Topliss-reactive ketones (excluding diaryl/α,β-unsaturated/α-hetero) is 1. The number of amides is 1. The molecule has 0 aliphatic carbocycles. The van der Waals surface area contributed by atoms with Crippen molar-refractivity contribution in [3.05, 3.63) is 70.6 Å². The second-order valence-corrected chi connectivity index (χ2v) is 10.2. The summed E-state index contributed by atoms with van der Waals surface area (Å²) in [6.07, 6.45) is -0.0695. The van der Waals surface area contributed by atoms with Gasteiger partial charge in [-0.3, -0.25) is 14.5 Å². The normalized spacial score (nSPS) is 15.0. The van der Waals surface area contributed by atoms with Crippen LogP contribution in [0.25, 0.3) is 11.3 Å². The van der Waals surface area contributed by atoms with E-state index in [9.17, 15) is 19.1 Å². The Hall–Kier alpha value is -3.77. The van der Waals surface area contributed by atoms with E-state index in [0.717, 1.165) is 0 Å². The van der Waals surface area contributed by atoms with E-state index < -0.39 is 11.4 Å². The number of hydrogen-bond acceptors (Lipinski definition) is 9. The van der Waals surface area contributed by atoms with Crippen molar-refractivity contribution in [2.24, 2.45) is 0 Å². The van der Waals surface area contributed by atoms with Gasteiger partial charge in [-0.15, -0.1) is 0 Å². The van der Waals surface area contributed by atoms with Crippen molar-refractivity contribution < 1.29 is 38.4 Å². The number of hydrogen-bond donors (Lipinski definition) is 3. The third kappa shape index (κ3) is 7.35. The molecule has 0 saturated carbocycles. The molecule has 1 aliphatic heterocycles. The molecule has 1 saturated heterocycles. The number of benzene rings is 2. The van der Waals surface area contributed by atoms with E-state index >= 15 is 0 Å². The molecule has 42 heavy (non-hydrogen) atoms. The summed E-state index contributed by atoms with van der Waals surface area (Å²) in [7, 11) is 2.92. The Kier molecular flexibility index (Phi) is 10.3. The summed E-state index contributed by atoms with van der Waals surface area (Å²) < 4.78 is 30.1. The second kappa shape index (κ2) is 13.9. The maximum absolute atomic E-state index is 13.9. The first-order chi connectivity index (χ1) is 20.2. The Morgan fingerprint density at radius 1 is 1.12 bits per heavy atom. The molecule has 1 amide bonds. The summed E-state index contributed by atoms with van der Waals surface area (Å²) in [6.45, 7) is 0.953. The van der Waals surface area contributed by atoms with Crippen LogP contribution in [0.5, 0.6) is 17.2 Å². The van der Waals surface area contributed by atoms with Gasteiger partial charge in [0.15, 0.2) is 17.3 Å². The van der Waals surface area contributed by atoms with Crippen molar-refractivity contribution >= 4 is 23.3 Å². The maximum atomic E-state index is 13.9. The molecule has 1 fully saturated rings. The Bertz CT molecular complexity index is 1440. The van der Waals surface area contributed by atoms with Crippen LogP contribution in [0.15, 0.2) is 48.5 Å². The van der Waals surface area contributed by atoms with E-state index in [1.807, 2.05) is 0 Å². The lowest BCUT2D eigenvalue weighted by molar-refractivity contribution is -0.125. The third-order valence-corrected chi connectivity index (χ3v) is 7.24. The lowest BCUT2D eigenvalue weighted by Gasteiger charge is -2.36. The third-order valence-electron chi connectivity index (χ3n) is 6.95. The molecule has 12 heteroatoms. The molecule has 10 nitrogen and oxygen atoms in total. The average molecular weight is 602 g/mol. The van der Waals surface area contributed by atoms with Gasteiger partial charge in [-0.2, -0.15) is 0 Å². The SMILES string of the molecule is COc1cc(C(=O)CCC(O)(CN2CCNC(=O)C2)c2ccc(OC)c(-c3ccc(F)c(Cl)c3)n2)ccc1OCCO. The smallest absolute Gasteiger partial charge is 0.234 e. The van der Waals surface area contributed by atoms with Crippen LogP contribution >= 0.6 is 11.6 Å². The highest BCUT2D eigenvalue weighted by Crippen LogP contribution is 2.36. The molecule has 0 radical (unpaired) electrons. The molecule has 4 rings (SSSR count). The van der Waals surface area contributed by atoms with Crippen LogP contribution in [0.2, 0.25) is 5.02 Å². The minimum absolute atomic E-state index is 0.0159. The number of piperazine rings is 1. The summed E-state index contributed by atoms with van der Waals surface area (Å²) >= 11 is 6.03. The lowest BCUT2D eigenvalue weighted by Crippen LogP contribution is -2.52. The van der Waals surface area contributed by atoms with Gasteiger partial charge >= 0.3 is 0 Å². The van der Waals surface area contributed by atoms with Crippen molar-refractivity contribution in [1.29, 1.82) is 0 Å². The molecule has 1 unspecified atom stereocenters. The number of β-amino-alcohol motifs (C(OH)–C–C–N with tert-alkyl or cyclic N) is 1. The van der Waals surface area contributed by atoms with E-state index in [1.165, 1.54) is 32.4 Å². The molecule has 0 spiro atoms. The zero-order valence-corrected chi connectivity index (χ0v) is 24.1. The van der Waals surface area contributed by atoms with Gasteiger partial charge in [0.25, 0.3) is 0 Å². The minimum atomic E-state index is -1.65.